The zero-order valence-electron chi connectivity index (χ0n) is 14.0. The fourth-order valence-electron chi connectivity index (χ4n) is 2.09. The molecule has 0 fully saturated rings. The highest BCUT2D eigenvalue weighted by atomic mass is 32.1. The molecule has 1 atom stereocenters. The predicted molar refractivity (Wildman–Crippen MR) is 89.5 cm³/mol. The van der Waals surface area contributed by atoms with Crippen molar-refractivity contribution < 1.29 is 14.3 Å². The fourth-order valence-corrected chi connectivity index (χ4v) is 3.04. The minimum absolute atomic E-state index is 0.0967. The summed E-state index contributed by atoms with van der Waals surface area (Å²) in [4.78, 5) is 25.6. The number of alkyl carbamates (subject to hydrolysis) is 1. The number of amides is 2. The standard InChI is InChI=1S/C16H26N2O3S/c1-6-21-16(20)18-13(7-10(2)3)9-17-15(19)14-8-11(4)12(5)22-14/h8,10,13H,6-7,9H2,1-5H3,(H,17,19)(H,18,20)/t13-/m1/s1. The highest BCUT2D eigenvalue weighted by Gasteiger charge is 2.17. The van der Waals surface area contributed by atoms with Gasteiger partial charge in [0.2, 0.25) is 0 Å². The van der Waals surface area contributed by atoms with Crippen LogP contribution in [0.3, 0.4) is 0 Å². The molecule has 0 aliphatic rings. The first-order valence-electron chi connectivity index (χ1n) is 7.62. The number of rotatable bonds is 7. The lowest BCUT2D eigenvalue weighted by molar-refractivity contribution is 0.0948. The van der Waals surface area contributed by atoms with Gasteiger partial charge in [0.25, 0.3) is 5.91 Å². The van der Waals surface area contributed by atoms with Crippen LogP contribution in [0.2, 0.25) is 0 Å². The van der Waals surface area contributed by atoms with Gasteiger partial charge in [0.1, 0.15) is 0 Å². The number of hydrogen-bond acceptors (Lipinski definition) is 4. The summed E-state index contributed by atoms with van der Waals surface area (Å²) in [6.07, 6.45) is 0.340. The lowest BCUT2D eigenvalue weighted by Crippen LogP contribution is -2.44. The Morgan fingerprint density at radius 1 is 1.32 bits per heavy atom. The van der Waals surface area contributed by atoms with Gasteiger partial charge in [-0.3, -0.25) is 4.79 Å². The molecule has 0 aliphatic heterocycles. The first-order chi connectivity index (χ1) is 10.3. The molecule has 0 bridgehead atoms. The lowest BCUT2D eigenvalue weighted by atomic mass is 10.0. The Morgan fingerprint density at radius 3 is 2.50 bits per heavy atom. The summed E-state index contributed by atoms with van der Waals surface area (Å²) in [7, 11) is 0. The van der Waals surface area contributed by atoms with Gasteiger partial charge in [-0.15, -0.1) is 11.3 Å². The van der Waals surface area contributed by atoms with E-state index in [9.17, 15) is 9.59 Å². The molecule has 1 aromatic heterocycles. The average Bonchev–Trinajstić information content (AvgIpc) is 2.75. The second kappa shape index (κ2) is 8.78. The summed E-state index contributed by atoms with van der Waals surface area (Å²) in [5, 5.41) is 5.69. The Labute approximate surface area is 136 Å². The third-order valence-electron chi connectivity index (χ3n) is 3.25. The summed E-state index contributed by atoms with van der Waals surface area (Å²) < 4.78 is 4.90. The molecule has 0 aliphatic carbocycles. The van der Waals surface area contributed by atoms with E-state index in [2.05, 4.69) is 24.5 Å². The van der Waals surface area contributed by atoms with Gasteiger partial charge in [0.05, 0.1) is 11.5 Å². The first kappa shape index (κ1) is 18.5. The highest BCUT2D eigenvalue weighted by molar-refractivity contribution is 7.14. The third kappa shape index (κ3) is 6.05. The third-order valence-corrected chi connectivity index (χ3v) is 4.40. The Balaban J connectivity index is 2.57. The van der Waals surface area contributed by atoms with Crippen LogP contribution in [-0.4, -0.2) is 31.2 Å². The van der Waals surface area contributed by atoms with Crippen molar-refractivity contribution in [2.75, 3.05) is 13.2 Å². The summed E-state index contributed by atoms with van der Waals surface area (Å²) >= 11 is 1.49. The molecule has 0 saturated heterocycles. The zero-order chi connectivity index (χ0) is 16.7. The van der Waals surface area contributed by atoms with Crippen molar-refractivity contribution in [3.05, 3.63) is 21.4 Å². The van der Waals surface area contributed by atoms with Gasteiger partial charge in [0.15, 0.2) is 0 Å². The molecule has 22 heavy (non-hydrogen) atoms. The molecule has 0 saturated carbocycles. The van der Waals surface area contributed by atoms with Crippen LogP contribution in [0.1, 0.15) is 47.3 Å². The topological polar surface area (TPSA) is 67.4 Å². The summed E-state index contributed by atoms with van der Waals surface area (Å²) in [6.45, 7) is 10.6. The minimum Gasteiger partial charge on any atom is -0.450 e. The van der Waals surface area contributed by atoms with Gasteiger partial charge in [0, 0.05) is 17.5 Å². The number of carbonyl (C=O) groups is 2. The van der Waals surface area contributed by atoms with Crippen molar-refractivity contribution in [2.24, 2.45) is 5.92 Å². The van der Waals surface area contributed by atoms with E-state index in [0.29, 0.717) is 23.9 Å². The van der Waals surface area contributed by atoms with Gasteiger partial charge in [-0.25, -0.2) is 4.79 Å². The molecule has 2 amide bonds. The van der Waals surface area contributed by atoms with Gasteiger partial charge in [-0.1, -0.05) is 13.8 Å². The molecule has 1 aromatic rings. The highest BCUT2D eigenvalue weighted by Crippen LogP contribution is 2.20. The van der Waals surface area contributed by atoms with E-state index in [1.807, 2.05) is 19.9 Å². The van der Waals surface area contributed by atoms with Crippen LogP contribution in [0.15, 0.2) is 6.07 Å². The molecule has 5 nitrogen and oxygen atoms in total. The van der Waals surface area contributed by atoms with Crippen LogP contribution >= 0.6 is 11.3 Å². The number of hydrogen-bond donors (Lipinski definition) is 2. The Hall–Kier alpha value is -1.56. The molecule has 0 radical (unpaired) electrons. The number of thiophene rings is 1. The van der Waals surface area contributed by atoms with Gasteiger partial charge < -0.3 is 15.4 Å². The summed E-state index contributed by atoms with van der Waals surface area (Å²) in [5.41, 5.74) is 1.12. The van der Waals surface area contributed by atoms with E-state index < -0.39 is 6.09 Å². The van der Waals surface area contributed by atoms with Crippen molar-refractivity contribution >= 4 is 23.3 Å². The molecule has 0 spiro atoms. The van der Waals surface area contributed by atoms with Crippen molar-refractivity contribution in [3.63, 3.8) is 0 Å². The molecule has 1 rings (SSSR count). The van der Waals surface area contributed by atoms with Crippen LogP contribution in [0.5, 0.6) is 0 Å². The number of carbonyl (C=O) groups excluding carboxylic acids is 2. The minimum atomic E-state index is -0.440. The number of aryl methyl sites for hydroxylation is 2. The molecule has 2 N–H and O–H groups in total. The zero-order valence-corrected chi connectivity index (χ0v) is 14.8. The van der Waals surface area contributed by atoms with Crippen LogP contribution < -0.4 is 10.6 Å². The smallest absolute Gasteiger partial charge is 0.407 e. The Morgan fingerprint density at radius 2 is 2.00 bits per heavy atom. The van der Waals surface area contributed by atoms with Crippen molar-refractivity contribution in [2.45, 2.75) is 47.1 Å². The van der Waals surface area contributed by atoms with Crippen molar-refractivity contribution in [1.82, 2.24) is 10.6 Å². The van der Waals surface area contributed by atoms with E-state index in [0.717, 1.165) is 16.9 Å². The molecule has 6 heteroatoms. The molecule has 0 unspecified atom stereocenters. The molecule has 1 heterocycles. The van der Waals surface area contributed by atoms with Gasteiger partial charge in [-0.05, 0) is 44.7 Å². The Bertz CT molecular complexity index is 492. The Kier molecular flexibility index (Phi) is 7.38. The molecular weight excluding hydrogens is 300 g/mol. The van der Waals surface area contributed by atoms with E-state index in [4.69, 9.17) is 4.74 Å². The van der Waals surface area contributed by atoms with E-state index in [-0.39, 0.29) is 11.9 Å². The van der Waals surface area contributed by atoms with Crippen LogP contribution in [0, 0.1) is 19.8 Å². The molecule has 124 valence electrons. The molecule has 0 aromatic carbocycles. The van der Waals surface area contributed by atoms with Crippen molar-refractivity contribution in [1.29, 1.82) is 0 Å². The van der Waals surface area contributed by atoms with Gasteiger partial charge in [-0.2, -0.15) is 0 Å². The van der Waals surface area contributed by atoms with E-state index in [1.54, 1.807) is 6.92 Å². The van der Waals surface area contributed by atoms with Crippen LogP contribution in [0.4, 0.5) is 4.79 Å². The largest absolute Gasteiger partial charge is 0.450 e. The summed E-state index contributed by atoms with van der Waals surface area (Å²) in [5.74, 6) is 0.315. The average molecular weight is 326 g/mol. The second-order valence-electron chi connectivity index (χ2n) is 5.75. The van der Waals surface area contributed by atoms with Crippen LogP contribution in [0.25, 0.3) is 0 Å². The number of nitrogens with one attached hydrogen (secondary N) is 2. The fraction of sp³-hybridized carbons (Fsp3) is 0.625. The maximum atomic E-state index is 12.2. The normalized spacial score (nSPS) is 12.1. The maximum absolute atomic E-state index is 12.2. The maximum Gasteiger partial charge on any atom is 0.407 e. The lowest BCUT2D eigenvalue weighted by Gasteiger charge is -2.20. The SMILES string of the molecule is CCOC(=O)N[C@@H](CNC(=O)c1cc(C)c(C)s1)CC(C)C. The quantitative estimate of drug-likeness (QED) is 0.808. The number of ether oxygens (including phenoxy) is 1. The van der Waals surface area contributed by atoms with E-state index in [1.165, 1.54) is 11.3 Å². The van der Waals surface area contributed by atoms with E-state index >= 15 is 0 Å². The van der Waals surface area contributed by atoms with Crippen LogP contribution in [-0.2, 0) is 4.74 Å². The predicted octanol–water partition coefficient (Wildman–Crippen LogP) is 3.26. The summed E-state index contributed by atoms with van der Waals surface area (Å²) in [6, 6.07) is 1.76. The monoisotopic (exact) mass is 326 g/mol. The molecular formula is C16H26N2O3S. The van der Waals surface area contributed by atoms with Crippen molar-refractivity contribution in [3.8, 4) is 0 Å². The van der Waals surface area contributed by atoms with Gasteiger partial charge >= 0.3 is 6.09 Å². The first-order valence-corrected chi connectivity index (χ1v) is 8.43. The second-order valence-corrected chi connectivity index (χ2v) is 7.01.